The number of aliphatic hydroxyl groups is 1. The van der Waals surface area contributed by atoms with E-state index in [1.165, 1.54) is 18.4 Å². The number of hydrogen-bond acceptors (Lipinski definition) is 7. The fourth-order valence-corrected chi connectivity index (χ4v) is 4.62. The minimum atomic E-state index is -1.77. The van der Waals surface area contributed by atoms with E-state index in [4.69, 9.17) is 9.84 Å². The zero-order valence-electron chi connectivity index (χ0n) is 21.5. The van der Waals surface area contributed by atoms with Gasteiger partial charge in [0.15, 0.2) is 0 Å². The predicted molar refractivity (Wildman–Crippen MR) is 140 cm³/mol. The van der Waals surface area contributed by atoms with Crippen LogP contribution in [0.2, 0.25) is 0 Å². The van der Waals surface area contributed by atoms with Crippen LogP contribution in [-0.4, -0.2) is 44.5 Å². The number of carbonyl (C=O) groups is 2. The van der Waals surface area contributed by atoms with E-state index in [1.54, 1.807) is 13.8 Å². The maximum atomic E-state index is 13.3. The predicted octanol–water partition coefficient (Wildman–Crippen LogP) is 3.41. The van der Waals surface area contributed by atoms with E-state index < -0.39 is 28.7 Å². The first-order valence-corrected chi connectivity index (χ1v) is 12.5. The van der Waals surface area contributed by atoms with Gasteiger partial charge in [-0.15, -0.1) is 11.3 Å². The van der Waals surface area contributed by atoms with Crippen molar-refractivity contribution < 1.29 is 24.5 Å². The highest BCUT2D eigenvalue weighted by atomic mass is 32.1. The Morgan fingerprint density at radius 2 is 1.72 bits per heavy atom. The van der Waals surface area contributed by atoms with Crippen LogP contribution < -0.4 is 11.2 Å². The lowest BCUT2D eigenvalue weighted by Crippen LogP contribution is -2.52. The number of hydrogen-bond donors (Lipinski definition) is 2. The standard InChI is InChI=1S/C22H24N2O6S.C4H10O/c1-5-30-19(26)16-13(2)15-17(25)24(22(3,4)20(27)28)21(29)23(18(15)31-16)12-11-14-9-7-6-8-10-14;1-4(2)3-5/h6-10H,5,11-12H2,1-4H3,(H,27,28);4-5H,3H2,1-2H3. The largest absolute Gasteiger partial charge is 0.480 e. The summed E-state index contributed by atoms with van der Waals surface area (Å²) in [5.41, 5.74) is -1.86. The molecular formula is C26H34N2O7S. The molecule has 3 aromatic rings. The van der Waals surface area contributed by atoms with E-state index in [0.717, 1.165) is 21.5 Å². The van der Waals surface area contributed by atoms with Gasteiger partial charge in [-0.05, 0) is 51.2 Å². The zero-order valence-corrected chi connectivity index (χ0v) is 22.3. The molecule has 0 radical (unpaired) electrons. The zero-order chi connectivity index (χ0) is 27.2. The van der Waals surface area contributed by atoms with Crippen molar-refractivity contribution in [3.05, 3.63) is 67.2 Å². The molecule has 2 aromatic heterocycles. The van der Waals surface area contributed by atoms with Crippen molar-refractivity contribution in [1.82, 2.24) is 9.13 Å². The van der Waals surface area contributed by atoms with Crippen LogP contribution in [0.15, 0.2) is 39.9 Å². The van der Waals surface area contributed by atoms with Gasteiger partial charge in [0.2, 0.25) is 0 Å². The molecule has 0 unspecified atom stereocenters. The summed E-state index contributed by atoms with van der Waals surface area (Å²) in [6, 6.07) is 9.50. The van der Waals surface area contributed by atoms with Crippen LogP contribution in [0, 0.1) is 12.8 Å². The highest BCUT2D eigenvalue weighted by Gasteiger charge is 2.35. The van der Waals surface area contributed by atoms with Crippen molar-refractivity contribution >= 4 is 33.5 Å². The number of carboxylic acids is 1. The second-order valence-corrected chi connectivity index (χ2v) is 10.2. The molecule has 10 heteroatoms. The summed E-state index contributed by atoms with van der Waals surface area (Å²) in [4.78, 5) is 51.5. The molecule has 0 fully saturated rings. The van der Waals surface area contributed by atoms with Gasteiger partial charge in [0.1, 0.15) is 15.2 Å². The van der Waals surface area contributed by atoms with Crippen molar-refractivity contribution in [2.45, 2.75) is 60.0 Å². The Hall–Kier alpha value is -3.24. The molecule has 0 atom stereocenters. The first-order valence-electron chi connectivity index (χ1n) is 11.7. The molecule has 0 aliphatic rings. The van der Waals surface area contributed by atoms with Crippen LogP contribution in [0.5, 0.6) is 0 Å². The van der Waals surface area contributed by atoms with Crippen LogP contribution in [0.3, 0.4) is 0 Å². The third kappa shape index (κ3) is 6.11. The van der Waals surface area contributed by atoms with Gasteiger partial charge in [-0.3, -0.25) is 9.36 Å². The van der Waals surface area contributed by atoms with E-state index in [2.05, 4.69) is 0 Å². The summed E-state index contributed by atoms with van der Waals surface area (Å²) in [5, 5.41) is 18.0. The number of carbonyl (C=O) groups excluding carboxylic acids is 1. The number of aliphatic hydroxyl groups excluding tert-OH is 1. The average molecular weight is 519 g/mol. The second-order valence-electron chi connectivity index (χ2n) is 9.21. The highest BCUT2D eigenvalue weighted by molar-refractivity contribution is 7.20. The lowest BCUT2D eigenvalue weighted by Gasteiger charge is -2.23. The van der Waals surface area contributed by atoms with E-state index in [-0.39, 0.29) is 23.4 Å². The number of thiophene rings is 1. The quantitative estimate of drug-likeness (QED) is 0.438. The van der Waals surface area contributed by atoms with Gasteiger partial charge in [-0.25, -0.2) is 19.0 Å². The number of esters is 1. The summed E-state index contributed by atoms with van der Waals surface area (Å²) in [6.07, 6.45) is 0.493. The molecule has 3 rings (SSSR count). The monoisotopic (exact) mass is 518 g/mol. The van der Waals surface area contributed by atoms with Crippen LogP contribution in [0.4, 0.5) is 0 Å². The third-order valence-electron chi connectivity index (χ3n) is 5.59. The van der Waals surface area contributed by atoms with E-state index in [0.29, 0.717) is 29.3 Å². The molecular weight excluding hydrogens is 484 g/mol. The molecule has 0 bridgehead atoms. The number of nitrogens with zero attached hydrogens (tertiary/aromatic N) is 2. The lowest BCUT2D eigenvalue weighted by molar-refractivity contribution is -0.146. The van der Waals surface area contributed by atoms with Crippen molar-refractivity contribution in [2.75, 3.05) is 13.2 Å². The molecule has 2 N–H and O–H groups in total. The first kappa shape index (κ1) is 29.0. The Labute approximate surface area is 213 Å². The summed E-state index contributed by atoms with van der Waals surface area (Å²) in [7, 11) is 0. The second kappa shape index (κ2) is 12.1. The van der Waals surface area contributed by atoms with E-state index in [1.807, 2.05) is 44.2 Å². The van der Waals surface area contributed by atoms with Gasteiger partial charge < -0.3 is 14.9 Å². The van der Waals surface area contributed by atoms with Crippen LogP contribution >= 0.6 is 11.3 Å². The van der Waals surface area contributed by atoms with Crippen LogP contribution in [-0.2, 0) is 28.0 Å². The van der Waals surface area contributed by atoms with Gasteiger partial charge >= 0.3 is 17.6 Å². The van der Waals surface area contributed by atoms with Gasteiger partial charge in [0.05, 0.1) is 12.0 Å². The van der Waals surface area contributed by atoms with Gasteiger partial charge in [0.25, 0.3) is 5.56 Å². The normalized spacial score (nSPS) is 11.3. The smallest absolute Gasteiger partial charge is 0.348 e. The summed E-state index contributed by atoms with van der Waals surface area (Å²) < 4.78 is 7.24. The number of aromatic nitrogens is 2. The Balaban J connectivity index is 0.000000830. The minimum absolute atomic E-state index is 0.162. The summed E-state index contributed by atoms with van der Waals surface area (Å²) >= 11 is 1.02. The maximum absolute atomic E-state index is 13.3. The number of fused-ring (bicyclic) bond motifs is 1. The Morgan fingerprint density at radius 3 is 2.22 bits per heavy atom. The number of carboxylic acid groups (broad SMARTS) is 1. The molecule has 2 heterocycles. The number of rotatable bonds is 8. The third-order valence-corrected chi connectivity index (χ3v) is 6.88. The number of benzene rings is 1. The van der Waals surface area contributed by atoms with Gasteiger partial charge in [-0.1, -0.05) is 44.2 Å². The molecule has 0 aliphatic carbocycles. The van der Waals surface area contributed by atoms with Gasteiger partial charge in [-0.2, -0.15) is 0 Å². The fourth-order valence-electron chi connectivity index (χ4n) is 3.41. The van der Waals surface area contributed by atoms with Crippen molar-refractivity contribution in [3.63, 3.8) is 0 Å². The van der Waals surface area contributed by atoms with E-state index >= 15 is 0 Å². The first-order chi connectivity index (χ1) is 16.9. The summed E-state index contributed by atoms with van der Waals surface area (Å²) in [5.74, 6) is -1.44. The lowest BCUT2D eigenvalue weighted by atomic mass is 10.1. The Bertz CT molecular complexity index is 1330. The summed E-state index contributed by atoms with van der Waals surface area (Å²) in [6.45, 7) is 10.5. The molecule has 0 saturated heterocycles. The Morgan fingerprint density at radius 1 is 1.14 bits per heavy atom. The maximum Gasteiger partial charge on any atom is 0.348 e. The number of ether oxygens (including phenoxy) is 1. The molecule has 196 valence electrons. The molecule has 0 aliphatic heterocycles. The highest BCUT2D eigenvalue weighted by Crippen LogP contribution is 2.29. The fraction of sp³-hybridized carbons (Fsp3) is 0.462. The molecule has 0 saturated carbocycles. The number of aryl methyl sites for hydroxylation is 3. The van der Waals surface area contributed by atoms with Crippen LogP contribution in [0.25, 0.3) is 10.2 Å². The topological polar surface area (TPSA) is 128 Å². The molecule has 0 spiro atoms. The average Bonchev–Trinajstić information content (AvgIpc) is 3.17. The number of aliphatic carboxylic acids is 1. The minimum Gasteiger partial charge on any atom is -0.480 e. The van der Waals surface area contributed by atoms with E-state index in [9.17, 15) is 24.3 Å². The van der Waals surface area contributed by atoms with Crippen LogP contribution in [0.1, 0.15) is 55.4 Å². The molecule has 0 amide bonds. The molecule has 36 heavy (non-hydrogen) atoms. The van der Waals surface area contributed by atoms with Crippen molar-refractivity contribution in [1.29, 1.82) is 0 Å². The van der Waals surface area contributed by atoms with Crippen molar-refractivity contribution in [3.8, 4) is 0 Å². The SMILES string of the molecule is CC(C)CO.CCOC(=O)c1sc2c(c1C)c(=O)n(C(C)(C)C(=O)O)c(=O)n2CCc1ccccc1. The molecule has 9 nitrogen and oxygen atoms in total. The van der Waals surface area contributed by atoms with Gasteiger partial charge in [0, 0.05) is 13.2 Å². The Kier molecular flexibility index (Phi) is 9.77. The molecule has 1 aromatic carbocycles. The van der Waals surface area contributed by atoms with Crippen molar-refractivity contribution in [2.24, 2.45) is 5.92 Å².